The Hall–Kier alpha value is -1.87. The largest absolute Gasteiger partial charge is 0.463 e. The smallest absolute Gasteiger partial charge is 0.302 e. The second kappa shape index (κ2) is 9.43. The number of carbonyl (C=O) groups excluding carboxylic acids is 1. The number of nitrogens with zero attached hydrogens (tertiary/aromatic N) is 1. The summed E-state index contributed by atoms with van der Waals surface area (Å²) in [5.74, 6) is 0.426. The van der Waals surface area contributed by atoms with Gasteiger partial charge < -0.3 is 4.74 Å². The van der Waals surface area contributed by atoms with Crippen molar-refractivity contribution in [2.75, 3.05) is 13.1 Å². The number of ether oxygens (including phenoxy) is 1. The van der Waals surface area contributed by atoms with Gasteiger partial charge in [-0.25, -0.2) is 0 Å². The number of rotatable bonds is 8. The number of esters is 1. The minimum absolute atomic E-state index is 0.115. The average Bonchev–Trinajstić information content (AvgIpc) is 2.56. The molecule has 2 rings (SSSR count). The van der Waals surface area contributed by atoms with Gasteiger partial charge in [0.25, 0.3) is 0 Å². The highest BCUT2D eigenvalue weighted by molar-refractivity contribution is 5.66. The van der Waals surface area contributed by atoms with Gasteiger partial charge in [-0.3, -0.25) is 9.69 Å². The monoisotopic (exact) mass is 327 g/mol. The van der Waals surface area contributed by atoms with Gasteiger partial charge in [-0.15, -0.1) is 13.2 Å². The maximum absolute atomic E-state index is 11.0. The number of carbonyl (C=O) groups is 1. The minimum atomic E-state index is -0.161. The summed E-state index contributed by atoms with van der Waals surface area (Å²) in [5, 5.41) is 0. The Labute approximate surface area is 146 Å². The van der Waals surface area contributed by atoms with Gasteiger partial charge in [-0.05, 0) is 42.7 Å². The second-order valence-corrected chi connectivity index (χ2v) is 6.60. The third-order valence-electron chi connectivity index (χ3n) is 4.64. The van der Waals surface area contributed by atoms with E-state index in [1.165, 1.54) is 18.1 Å². The Bertz CT molecular complexity index is 531. The first kappa shape index (κ1) is 18.5. The number of hydrogen-bond donors (Lipinski definition) is 0. The molecule has 1 aliphatic rings. The second-order valence-electron chi connectivity index (χ2n) is 6.60. The predicted octanol–water partition coefficient (Wildman–Crippen LogP) is 4.45. The van der Waals surface area contributed by atoms with Gasteiger partial charge in [0, 0.05) is 26.6 Å². The fourth-order valence-corrected chi connectivity index (χ4v) is 3.47. The molecule has 1 fully saturated rings. The zero-order valence-corrected chi connectivity index (χ0v) is 14.7. The number of benzene rings is 1. The molecular formula is C21H29NO2. The van der Waals surface area contributed by atoms with Gasteiger partial charge >= 0.3 is 5.97 Å². The topological polar surface area (TPSA) is 29.5 Å². The van der Waals surface area contributed by atoms with Crippen molar-refractivity contribution >= 4 is 5.97 Å². The predicted molar refractivity (Wildman–Crippen MR) is 98.9 cm³/mol. The lowest BCUT2D eigenvalue weighted by Crippen LogP contribution is -2.23. The molecule has 0 aromatic heterocycles. The Kier molecular flexibility index (Phi) is 7.26. The molecule has 0 aliphatic heterocycles. The summed E-state index contributed by atoms with van der Waals surface area (Å²) >= 11 is 0. The van der Waals surface area contributed by atoms with Gasteiger partial charge in [0.2, 0.25) is 0 Å². The quantitative estimate of drug-likeness (QED) is 0.522. The lowest BCUT2D eigenvalue weighted by atomic mass is 9.82. The third-order valence-corrected chi connectivity index (χ3v) is 4.64. The molecule has 0 atom stereocenters. The van der Waals surface area contributed by atoms with E-state index in [0.717, 1.165) is 45.3 Å². The van der Waals surface area contributed by atoms with Crippen LogP contribution in [0.3, 0.4) is 0 Å². The minimum Gasteiger partial charge on any atom is -0.463 e. The molecular weight excluding hydrogens is 298 g/mol. The molecule has 24 heavy (non-hydrogen) atoms. The third kappa shape index (κ3) is 5.64. The van der Waals surface area contributed by atoms with Gasteiger partial charge in [0.1, 0.15) is 6.10 Å². The number of hydrogen-bond acceptors (Lipinski definition) is 3. The van der Waals surface area contributed by atoms with Crippen molar-refractivity contribution in [2.45, 2.75) is 51.2 Å². The molecule has 3 heteroatoms. The van der Waals surface area contributed by atoms with Gasteiger partial charge in [0.15, 0.2) is 0 Å². The molecule has 0 amide bonds. The molecule has 0 spiro atoms. The molecule has 0 unspecified atom stereocenters. The first-order valence-electron chi connectivity index (χ1n) is 8.82. The van der Waals surface area contributed by atoms with E-state index in [9.17, 15) is 4.79 Å². The molecule has 0 bridgehead atoms. The summed E-state index contributed by atoms with van der Waals surface area (Å²) in [7, 11) is 0. The van der Waals surface area contributed by atoms with Crippen molar-refractivity contribution in [3.05, 3.63) is 60.7 Å². The van der Waals surface area contributed by atoms with Gasteiger partial charge in [0.05, 0.1) is 0 Å². The van der Waals surface area contributed by atoms with Crippen molar-refractivity contribution in [2.24, 2.45) is 0 Å². The Morgan fingerprint density at radius 2 is 1.71 bits per heavy atom. The molecule has 1 aromatic carbocycles. The van der Waals surface area contributed by atoms with Crippen LogP contribution >= 0.6 is 0 Å². The molecule has 0 saturated heterocycles. The van der Waals surface area contributed by atoms with Crippen LogP contribution in [-0.2, 0) is 16.1 Å². The van der Waals surface area contributed by atoms with Crippen molar-refractivity contribution in [1.29, 1.82) is 0 Å². The Morgan fingerprint density at radius 3 is 2.21 bits per heavy atom. The van der Waals surface area contributed by atoms with E-state index in [4.69, 9.17) is 4.74 Å². The molecule has 1 aliphatic carbocycles. The SMILES string of the molecule is C=CCN(CC=C)Cc1ccc([C@H]2CC[C@H](OC(C)=O)CC2)cc1. The van der Waals surface area contributed by atoms with Crippen LogP contribution in [0.4, 0.5) is 0 Å². The van der Waals surface area contributed by atoms with Crippen LogP contribution in [0.2, 0.25) is 0 Å². The van der Waals surface area contributed by atoms with Crippen molar-refractivity contribution in [1.82, 2.24) is 4.90 Å². The molecule has 3 nitrogen and oxygen atoms in total. The van der Waals surface area contributed by atoms with Crippen molar-refractivity contribution in [3.8, 4) is 0 Å². The lowest BCUT2D eigenvalue weighted by molar-refractivity contribution is -0.147. The molecule has 0 N–H and O–H groups in total. The highest BCUT2D eigenvalue weighted by Gasteiger charge is 2.24. The van der Waals surface area contributed by atoms with Crippen LogP contribution < -0.4 is 0 Å². The summed E-state index contributed by atoms with van der Waals surface area (Å²) in [6.45, 7) is 11.8. The van der Waals surface area contributed by atoms with E-state index in [1.807, 2.05) is 12.2 Å². The van der Waals surface area contributed by atoms with Crippen LogP contribution in [0.1, 0.15) is 49.7 Å². The van der Waals surface area contributed by atoms with Crippen LogP contribution in [0, 0.1) is 0 Å². The van der Waals surface area contributed by atoms with E-state index >= 15 is 0 Å². The van der Waals surface area contributed by atoms with Crippen molar-refractivity contribution < 1.29 is 9.53 Å². The molecule has 1 saturated carbocycles. The van der Waals surface area contributed by atoms with E-state index in [-0.39, 0.29) is 12.1 Å². The Balaban J connectivity index is 1.89. The maximum atomic E-state index is 11.0. The fraction of sp³-hybridized carbons (Fsp3) is 0.476. The lowest BCUT2D eigenvalue weighted by Gasteiger charge is -2.28. The summed E-state index contributed by atoms with van der Waals surface area (Å²) in [4.78, 5) is 13.3. The first-order valence-corrected chi connectivity index (χ1v) is 8.82. The summed E-state index contributed by atoms with van der Waals surface area (Å²) in [5.41, 5.74) is 2.72. The first-order chi connectivity index (χ1) is 11.6. The molecule has 0 heterocycles. The average molecular weight is 327 g/mol. The summed E-state index contributed by atoms with van der Waals surface area (Å²) < 4.78 is 5.32. The van der Waals surface area contributed by atoms with Crippen molar-refractivity contribution in [3.63, 3.8) is 0 Å². The van der Waals surface area contributed by atoms with E-state index in [2.05, 4.69) is 42.3 Å². The molecule has 0 radical (unpaired) electrons. The zero-order chi connectivity index (χ0) is 17.4. The maximum Gasteiger partial charge on any atom is 0.302 e. The highest BCUT2D eigenvalue weighted by Crippen LogP contribution is 2.34. The van der Waals surface area contributed by atoms with E-state index < -0.39 is 0 Å². The van der Waals surface area contributed by atoms with Crippen LogP contribution in [0.15, 0.2) is 49.6 Å². The fourth-order valence-electron chi connectivity index (χ4n) is 3.47. The van der Waals surface area contributed by atoms with E-state index in [1.54, 1.807) is 0 Å². The highest BCUT2D eigenvalue weighted by atomic mass is 16.5. The molecule has 130 valence electrons. The van der Waals surface area contributed by atoms with E-state index in [0.29, 0.717) is 5.92 Å². The Morgan fingerprint density at radius 1 is 1.12 bits per heavy atom. The van der Waals surface area contributed by atoms with Gasteiger partial charge in [-0.2, -0.15) is 0 Å². The molecule has 1 aromatic rings. The summed E-state index contributed by atoms with van der Waals surface area (Å²) in [6, 6.07) is 8.97. The normalized spacial score (nSPS) is 20.6. The van der Waals surface area contributed by atoms with Crippen LogP contribution in [0.25, 0.3) is 0 Å². The zero-order valence-electron chi connectivity index (χ0n) is 14.7. The van der Waals surface area contributed by atoms with Crippen LogP contribution in [-0.4, -0.2) is 30.1 Å². The van der Waals surface area contributed by atoms with Crippen LogP contribution in [0.5, 0.6) is 0 Å². The standard InChI is InChI=1S/C21H29NO2/c1-4-14-22(15-5-2)16-18-6-8-19(9-7-18)20-10-12-21(13-11-20)24-17(3)23/h4-9,20-21H,1-2,10-16H2,3H3/t20-,21-. The summed E-state index contributed by atoms with van der Waals surface area (Å²) in [6.07, 6.45) is 8.10. The van der Waals surface area contributed by atoms with Gasteiger partial charge in [-0.1, -0.05) is 36.4 Å².